The first kappa shape index (κ1) is 19.2. The Kier molecular flexibility index (Phi) is 5.36. The molecule has 0 unspecified atom stereocenters. The molecule has 0 spiro atoms. The third kappa shape index (κ3) is 3.40. The van der Waals surface area contributed by atoms with Crippen molar-refractivity contribution in [2.75, 3.05) is 0 Å². The first-order valence-electron chi connectivity index (χ1n) is 9.50. The number of hydrogen-bond acceptors (Lipinski definition) is 3. The minimum absolute atomic E-state index is 0.113. The van der Waals surface area contributed by atoms with Crippen LogP contribution in [0.2, 0.25) is 0 Å². The van der Waals surface area contributed by atoms with Gasteiger partial charge in [0, 0.05) is 5.46 Å². The average molecular weight is 396 g/mol. The van der Waals surface area contributed by atoms with Crippen molar-refractivity contribution in [1.82, 2.24) is 0 Å². The van der Waals surface area contributed by atoms with Crippen LogP contribution in [0, 0.1) is 0 Å². The topological polar surface area (TPSA) is 60.7 Å². The van der Waals surface area contributed by atoms with Gasteiger partial charge in [0.05, 0.1) is 0 Å². The monoisotopic (exact) mass is 396 g/mol. The summed E-state index contributed by atoms with van der Waals surface area (Å²) in [7, 11) is -4.48. The van der Waals surface area contributed by atoms with Gasteiger partial charge < -0.3 is 15.2 Å². The van der Waals surface area contributed by atoms with Crippen LogP contribution in [0.4, 0.5) is 0 Å². The molecule has 0 aliphatic rings. The number of phenols is 1. The van der Waals surface area contributed by atoms with Crippen LogP contribution in [-0.2, 0) is 0 Å². The fourth-order valence-electron chi connectivity index (χ4n) is 4.06. The van der Waals surface area contributed by atoms with Gasteiger partial charge in [-0.25, -0.2) is 0 Å². The third-order valence-electron chi connectivity index (χ3n) is 5.36. The van der Waals surface area contributed by atoms with E-state index in [1.807, 2.05) is 60.7 Å². The van der Waals surface area contributed by atoms with Gasteiger partial charge in [-0.05, 0) is 26.8 Å². The van der Waals surface area contributed by atoms with Crippen molar-refractivity contribution in [3.63, 3.8) is 0 Å². The highest BCUT2D eigenvalue weighted by atomic mass is 28.3. The van der Waals surface area contributed by atoms with Gasteiger partial charge in [0.25, 0.3) is 0 Å². The molecule has 3 nitrogen and oxygen atoms in total. The van der Waals surface area contributed by atoms with Crippen LogP contribution in [0.15, 0.2) is 109 Å². The zero-order valence-electron chi connectivity index (χ0n) is 15.8. The summed E-state index contributed by atoms with van der Waals surface area (Å²) in [6.07, 6.45) is 0. The van der Waals surface area contributed by atoms with E-state index in [0.717, 1.165) is 5.19 Å². The van der Waals surface area contributed by atoms with E-state index in [4.69, 9.17) is 0 Å². The Hall–Kier alpha value is -3.12. The van der Waals surface area contributed by atoms with Crippen LogP contribution in [0.3, 0.4) is 0 Å². The summed E-state index contributed by atoms with van der Waals surface area (Å²) in [5.74, 6) is -0.124. The Labute approximate surface area is 171 Å². The summed E-state index contributed by atoms with van der Waals surface area (Å²) in [5, 5.41) is 34.3. The molecule has 4 aromatic rings. The van der Waals surface area contributed by atoms with Crippen molar-refractivity contribution in [2.45, 2.75) is 0 Å². The van der Waals surface area contributed by atoms with E-state index < -0.39 is 15.2 Å². The summed E-state index contributed by atoms with van der Waals surface area (Å²) in [6.45, 7) is 0. The molecule has 0 bridgehead atoms. The molecule has 0 aliphatic heterocycles. The summed E-state index contributed by atoms with van der Waals surface area (Å²) < 4.78 is 0. The van der Waals surface area contributed by atoms with Gasteiger partial charge in [-0.2, -0.15) is 0 Å². The van der Waals surface area contributed by atoms with Crippen molar-refractivity contribution >= 4 is 41.4 Å². The van der Waals surface area contributed by atoms with Gasteiger partial charge in [0.15, 0.2) is 8.07 Å². The van der Waals surface area contributed by atoms with Crippen LogP contribution in [-0.4, -0.2) is 30.3 Å². The van der Waals surface area contributed by atoms with Gasteiger partial charge in [-0.15, -0.1) is 0 Å². The molecule has 29 heavy (non-hydrogen) atoms. The summed E-state index contributed by atoms with van der Waals surface area (Å²) in [6, 6.07) is 36.2. The normalized spacial score (nSPS) is 11.2. The zero-order valence-corrected chi connectivity index (χ0v) is 16.8. The van der Waals surface area contributed by atoms with E-state index in [2.05, 4.69) is 36.4 Å². The van der Waals surface area contributed by atoms with Gasteiger partial charge in [-0.1, -0.05) is 103 Å². The molecule has 0 saturated carbocycles. The molecule has 0 aromatic heterocycles. The van der Waals surface area contributed by atoms with Crippen LogP contribution >= 0.6 is 0 Å². The van der Waals surface area contributed by atoms with Gasteiger partial charge >= 0.3 is 7.12 Å². The second-order valence-corrected chi connectivity index (χ2v) is 10.8. The average Bonchev–Trinajstić information content (AvgIpc) is 2.77. The lowest BCUT2D eigenvalue weighted by Crippen LogP contribution is -2.75. The second kappa shape index (κ2) is 8.09. The molecule has 0 amide bonds. The minimum Gasteiger partial charge on any atom is -0.508 e. The highest BCUT2D eigenvalue weighted by Gasteiger charge is 2.41. The Morgan fingerprint density at radius 3 is 1.31 bits per heavy atom. The largest absolute Gasteiger partial charge is 0.508 e. The summed E-state index contributed by atoms with van der Waals surface area (Å²) in [5.41, 5.74) is 0.113. The SMILES string of the molecule is OB(O)c1cc([Si](c2ccccc2)(c2ccccc2)c2ccccc2)ccc1O. The van der Waals surface area contributed by atoms with Crippen LogP contribution in [0.25, 0.3) is 0 Å². The smallest absolute Gasteiger partial charge is 0.492 e. The Balaban J connectivity index is 2.13. The predicted octanol–water partition coefficient (Wildman–Crippen LogP) is 0.449. The number of benzene rings is 4. The molecule has 0 aliphatic carbocycles. The summed E-state index contributed by atoms with van der Waals surface area (Å²) >= 11 is 0. The number of hydrogen-bond donors (Lipinski definition) is 3. The molecule has 0 radical (unpaired) electrons. The van der Waals surface area contributed by atoms with Gasteiger partial charge in [0.1, 0.15) is 5.75 Å². The summed E-state index contributed by atoms with van der Waals surface area (Å²) in [4.78, 5) is 0. The Bertz CT molecular complexity index is 990. The number of aromatic hydroxyl groups is 1. The van der Waals surface area contributed by atoms with Crippen LogP contribution in [0.1, 0.15) is 0 Å². The first-order valence-corrected chi connectivity index (χ1v) is 11.5. The van der Waals surface area contributed by atoms with Crippen LogP contribution < -0.4 is 26.2 Å². The first-order chi connectivity index (χ1) is 14.1. The maximum Gasteiger partial charge on any atom is 0.492 e. The highest BCUT2D eigenvalue weighted by molar-refractivity contribution is 7.20. The van der Waals surface area contributed by atoms with E-state index in [1.165, 1.54) is 15.6 Å². The molecule has 0 atom stereocenters. The predicted molar refractivity (Wildman–Crippen MR) is 122 cm³/mol. The molecule has 4 aromatic carbocycles. The van der Waals surface area contributed by atoms with E-state index in [-0.39, 0.29) is 11.2 Å². The fraction of sp³-hybridized carbons (Fsp3) is 0. The molecular formula is C24H21BO3Si. The molecule has 0 fully saturated rings. The lowest BCUT2D eigenvalue weighted by atomic mass is 9.80. The Morgan fingerprint density at radius 2 is 0.931 bits per heavy atom. The van der Waals surface area contributed by atoms with Crippen molar-refractivity contribution in [2.24, 2.45) is 0 Å². The Morgan fingerprint density at radius 1 is 0.517 bits per heavy atom. The standard InChI is InChI=1S/C24H21BO3Si/c26-24-17-16-22(18-23(24)25(27)28)29(19-10-4-1-5-11-19,20-12-6-2-7-13-20)21-14-8-3-9-15-21/h1-18,26-28H. The van der Waals surface area contributed by atoms with E-state index in [9.17, 15) is 15.2 Å². The maximum atomic E-state index is 10.2. The van der Waals surface area contributed by atoms with E-state index in [0.29, 0.717) is 0 Å². The third-order valence-corrected chi connectivity index (χ3v) is 10.1. The fourth-order valence-corrected chi connectivity index (χ4v) is 8.84. The van der Waals surface area contributed by atoms with Crippen LogP contribution in [0.5, 0.6) is 5.75 Å². The molecule has 0 heterocycles. The lowest BCUT2D eigenvalue weighted by molar-refractivity contribution is 0.419. The zero-order chi connectivity index (χ0) is 20.3. The molecule has 3 N–H and O–H groups in total. The van der Waals surface area contributed by atoms with Crippen molar-refractivity contribution in [1.29, 1.82) is 0 Å². The minimum atomic E-state index is -2.73. The van der Waals surface area contributed by atoms with Crippen molar-refractivity contribution in [3.05, 3.63) is 109 Å². The molecular weight excluding hydrogens is 375 g/mol. The number of rotatable bonds is 5. The van der Waals surface area contributed by atoms with Crippen molar-refractivity contribution in [3.8, 4) is 5.75 Å². The maximum absolute atomic E-state index is 10.2. The molecule has 5 heteroatoms. The van der Waals surface area contributed by atoms with Gasteiger partial charge in [0.2, 0.25) is 0 Å². The molecule has 4 rings (SSSR count). The van der Waals surface area contributed by atoms with E-state index >= 15 is 0 Å². The quantitative estimate of drug-likeness (QED) is 0.339. The number of phenolic OH excluding ortho intramolecular Hbond substituents is 1. The van der Waals surface area contributed by atoms with E-state index in [1.54, 1.807) is 12.1 Å². The molecule has 142 valence electrons. The lowest BCUT2D eigenvalue weighted by Gasteiger charge is -2.34. The van der Waals surface area contributed by atoms with Crippen molar-refractivity contribution < 1.29 is 15.2 Å². The second-order valence-electron chi connectivity index (χ2n) is 7.00. The van der Waals surface area contributed by atoms with Gasteiger partial charge in [-0.3, -0.25) is 0 Å². The highest BCUT2D eigenvalue weighted by Crippen LogP contribution is 2.11. The molecule has 0 saturated heterocycles.